The minimum Gasteiger partial charge on any atom is -0.476 e. The molecule has 0 saturated carbocycles. The molecule has 0 aliphatic carbocycles. The van der Waals surface area contributed by atoms with E-state index >= 15 is 0 Å². The summed E-state index contributed by atoms with van der Waals surface area (Å²) >= 11 is 0. The second kappa shape index (κ2) is 8.07. The highest BCUT2D eigenvalue weighted by atomic mass is 32.2. The summed E-state index contributed by atoms with van der Waals surface area (Å²) in [5, 5.41) is 2.83. The summed E-state index contributed by atoms with van der Waals surface area (Å²) in [5.74, 6) is -0.0341. The minimum absolute atomic E-state index is 0.121. The van der Waals surface area contributed by atoms with Crippen molar-refractivity contribution in [1.29, 1.82) is 0 Å². The van der Waals surface area contributed by atoms with Gasteiger partial charge in [0.2, 0.25) is 0 Å². The second-order valence-electron chi connectivity index (χ2n) is 7.79. The lowest BCUT2D eigenvalue weighted by Gasteiger charge is -2.35. The van der Waals surface area contributed by atoms with Crippen LogP contribution in [0, 0.1) is 20.8 Å². The van der Waals surface area contributed by atoms with Crippen LogP contribution in [0.25, 0.3) is 0 Å². The monoisotopic (exact) mass is 436 g/mol. The number of hydrogen-bond acceptors (Lipinski definition) is 4. The topological polar surface area (TPSA) is 75.7 Å². The molecule has 160 valence electrons. The zero-order chi connectivity index (χ0) is 22.2. The predicted octanol–water partition coefficient (Wildman–Crippen LogP) is 4.21. The smallest absolute Gasteiger partial charge is 0.267 e. The molecule has 3 aromatic carbocycles. The van der Waals surface area contributed by atoms with E-state index in [4.69, 9.17) is 4.74 Å². The van der Waals surface area contributed by atoms with E-state index in [0.717, 1.165) is 16.7 Å². The minimum atomic E-state index is -3.88. The van der Waals surface area contributed by atoms with Gasteiger partial charge in [0.05, 0.1) is 17.1 Å². The van der Waals surface area contributed by atoms with Crippen molar-refractivity contribution in [2.24, 2.45) is 0 Å². The number of aryl methyl sites for hydroxylation is 3. The number of anilines is 2. The number of ether oxygens (including phenoxy) is 1. The van der Waals surface area contributed by atoms with Crippen molar-refractivity contribution in [3.8, 4) is 5.75 Å². The number of fused-ring (bicyclic) bond motifs is 1. The van der Waals surface area contributed by atoms with E-state index in [2.05, 4.69) is 5.32 Å². The molecule has 1 atom stereocenters. The van der Waals surface area contributed by atoms with E-state index < -0.39 is 22.0 Å². The van der Waals surface area contributed by atoms with Crippen molar-refractivity contribution in [1.82, 2.24) is 0 Å². The third-order valence-electron chi connectivity index (χ3n) is 5.17. The van der Waals surface area contributed by atoms with Gasteiger partial charge in [0.15, 0.2) is 6.10 Å². The van der Waals surface area contributed by atoms with Gasteiger partial charge in [-0.15, -0.1) is 0 Å². The Morgan fingerprint density at radius 2 is 1.61 bits per heavy atom. The molecule has 31 heavy (non-hydrogen) atoms. The Balaban J connectivity index is 1.70. The molecule has 1 N–H and O–H groups in total. The van der Waals surface area contributed by atoms with E-state index in [9.17, 15) is 13.2 Å². The van der Waals surface area contributed by atoms with Gasteiger partial charge >= 0.3 is 0 Å². The normalized spacial score (nSPS) is 15.7. The van der Waals surface area contributed by atoms with Gasteiger partial charge in [-0.1, -0.05) is 35.9 Å². The molecular weight excluding hydrogens is 412 g/mol. The number of carbonyl (C=O) groups is 1. The quantitative estimate of drug-likeness (QED) is 0.665. The lowest BCUT2D eigenvalue weighted by molar-refractivity contribution is -0.122. The van der Waals surface area contributed by atoms with Gasteiger partial charge in [0.25, 0.3) is 15.9 Å². The first-order chi connectivity index (χ1) is 14.7. The van der Waals surface area contributed by atoms with E-state index in [1.54, 1.807) is 42.5 Å². The van der Waals surface area contributed by atoms with Gasteiger partial charge in [0, 0.05) is 5.69 Å². The zero-order valence-corrected chi connectivity index (χ0v) is 18.4. The first-order valence-corrected chi connectivity index (χ1v) is 11.4. The van der Waals surface area contributed by atoms with Crippen molar-refractivity contribution in [3.63, 3.8) is 0 Å². The molecule has 0 saturated heterocycles. The maximum atomic E-state index is 13.5. The van der Waals surface area contributed by atoms with Crippen molar-refractivity contribution in [2.45, 2.75) is 31.8 Å². The van der Waals surface area contributed by atoms with Crippen molar-refractivity contribution >= 4 is 27.3 Å². The largest absolute Gasteiger partial charge is 0.476 e. The summed E-state index contributed by atoms with van der Waals surface area (Å²) in [5.41, 5.74) is 3.94. The Labute approximate surface area is 182 Å². The van der Waals surface area contributed by atoms with Crippen LogP contribution in [0.4, 0.5) is 11.4 Å². The Bertz CT molecular complexity index is 1240. The van der Waals surface area contributed by atoms with Gasteiger partial charge < -0.3 is 10.1 Å². The molecule has 4 rings (SSSR count). The molecule has 3 aromatic rings. The van der Waals surface area contributed by atoms with E-state index in [0.29, 0.717) is 17.1 Å². The van der Waals surface area contributed by atoms with Gasteiger partial charge in [-0.05, 0) is 68.3 Å². The van der Waals surface area contributed by atoms with Crippen LogP contribution in [0.2, 0.25) is 0 Å². The SMILES string of the molecule is Cc1ccc(S(=O)(=O)N2C[C@H](C(=O)Nc3cccc(C)c3)Oc3cc(C)ccc32)cc1. The Morgan fingerprint density at radius 1 is 0.935 bits per heavy atom. The van der Waals surface area contributed by atoms with E-state index in [-0.39, 0.29) is 11.4 Å². The van der Waals surface area contributed by atoms with Crippen LogP contribution in [0.3, 0.4) is 0 Å². The third-order valence-corrected chi connectivity index (χ3v) is 6.97. The summed E-state index contributed by atoms with van der Waals surface area (Å²) in [6.45, 7) is 5.60. The summed E-state index contributed by atoms with van der Waals surface area (Å²) in [4.78, 5) is 13.1. The first-order valence-electron chi connectivity index (χ1n) is 9.98. The highest BCUT2D eigenvalue weighted by Crippen LogP contribution is 2.38. The number of sulfonamides is 1. The van der Waals surface area contributed by atoms with Crippen LogP contribution in [0.5, 0.6) is 5.75 Å². The Morgan fingerprint density at radius 3 is 2.32 bits per heavy atom. The number of carbonyl (C=O) groups excluding carboxylic acids is 1. The average molecular weight is 437 g/mol. The number of nitrogens with one attached hydrogen (secondary N) is 1. The number of hydrogen-bond donors (Lipinski definition) is 1. The molecule has 0 fully saturated rings. The fourth-order valence-corrected chi connectivity index (χ4v) is 4.98. The molecule has 1 heterocycles. The van der Waals surface area contributed by atoms with Gasteiger partial charge in [-0.3, -0.25) is 9.10 Å². The molecule has 0 aromatic heterocycles. The Kier molecular flexibility index (Phi) is 5.45. The maximum absolute atomic E-state index is 13.5. The Hall–Kier alpha value is -3.32. The molecular formula is C24H24N2O4S. The summed E-state index contributed by atoms with van der Waals surface area (Å²) in [6, 6.07) is 19.4. The van der Waals surface area contributed by atoms with Crippen LogP contribution in [0.15, 0.2) is 71.6 Å². The van der Waals surface area contributed by atoms with Crippen LogP contribution in [-0.4, -0.2) is 27.0 Å². The van der Waals surface area contributed by atoms with Crippen LogP contribution in [-0.2, 0) is 14.8 Å². The van der Waals surface area contributed by atoms with Gasteiger partial charge in [-0.2, -0.15) is 0 Å². The van der Waals surface area contributed by atoms with Gasteiger partial charge in [0.1, 0.15) is 5.75 Å². The van der Waals surface area contributed by atoms with Crippen molar-refractivity contribution in [2.75, 3.05) is 16.2 Å². The van der Waals surface area contributed by atoms with E-state index in [1.807, 2.05) is 45.0 Å². The molecule has 1 aliphatic rings. The molecule has 7 heteroatoms. The number of rotatable bonds is 4. The fourth-order valence-electron chi connectivity index (χ4n) is 3.51. The van der Waals surface area contributed by atoms with Crippen molar-refractivity contribution in [3.05, 3.63) is 83.4 Å². The third kappa shape index (κ3) is 4.27. The summed E-state index contributed by atoms with van der Waals surface area (Å²) in [7, 11) is -3.88. The molecule has 0 bridgehead atoms. The van der Waals surface area contributed by atoms with E-state index in [1.165, 1.54) is 4.31 Å². The highest BCUT2D eigenvalue weighted by molar-refractivity contribution is 7.92. The summed E-state index contributed by atoms with van der Waals surface area (Å²) in [6.07, 6.45) is -0.991. The highest BCUT2D eigenvalue weighted by Gasteiger charge is 2.37. The molecule has 0 unspecified atom stereocenters. The molecule has 1 amide bonds. The maximum Gasteiger partial charge on any atom is 0.267 e. The lowest BCUT2D eigenvalue weighted by atomic mass is 10.1. The average Bonchev–Trinajstić information content (AvgIpc) is 2.73. The van der Waals surface area contributed by atoms with Crippen LogP contribution >= 0.6 is 0 Å². The molecule has 0 spiro atoms. The lowest BCUT2D eigenvalue weighted by Crippen LogP contribution is -2.48. The van der Waals surface area contributed by atoms with Crippen molar-refractivity contribution < 1.29 is 17.9 Å². The standard InChI is InChI=1S/C24H24N2O4S/c1-16-7-10-20(11-8-16)31(28,29)26-15-23(30-22-14-18(3)9-12-21(22)26)24(27)25-19-6-4-5-17(2)13-19/h4-14,23H,15H2,1-3H3,(H,25,27)/t23-/m1/s1. The molecule has 1 aliphatic heterocycles. The number of nitrogens with zero attached hydrogens (tertiary/aromatic N) is 1. The van der Waals surface area contributed by atoms with Gasteiger partial charge in [-0.25, -0.2) is 8.42 Å². The number of amides is 1. The molecule has 0 radical (unpaired) electrons. The summed E-state index contributed by atoms with van der Waals surface area (Å²) < 4.78 is 34.1. The second-order valence-corrected chi connectivity index (χ2v) is 9.65. The zero-order valence-electron chi connectivity index (χ0n) is 17.6. The molecule has 6 nitrogen and oxygen atoms in total. The van der Waals surface area contributed by atoms with Crippen LogP contribution in [0.1, 0.15) is 16.7 Å². The first kappa shape index (κ1) is 20.9. The van der Waals surface area contributed by atoms with Crippen LogP contribution < -0.4 is 14.4 Å². The fraction of sp³-hybridized carbons (Fsp3) is 0.208. The predicted molar refractivity (Wildman–Crippen MR) is 121 cm³/mol. The number of benzene rings is 3.